The summed E-state index contributed by atoms with van der Waals surface area (Å²) in [5, 5.41) is 20.5. The summed E-state index contributed by atoms with van der Waals surface area (Å²) in [6.07, 6.45) is 4.21. The third kappa shape index (κ3) is 1.91. The first kappa shape index (κ1) is 11.4. The molecule has 0 aromatic carbocycles. The van der Waals surface area contributed by atoms with Crippen LogP contribution in [0.2, 0.25) is 0 Å². The van der Waals surface area contributed by atoms with Crippen molar-refractivity contribution < 1.29 is 5.11 Å². The van der Waals surface area contributed by atoms with Crippen molar-refractivity contribution in [3.63, 3.8) is 0 Å². The number of nitrogens with zero attached hydrogens (tertiary/aromatic N) is 3. The Morgan fingerprint density at radius 2 is 2.22 bits per heavy atom. The Balaban J connectivity index is 1.94. The van der Waals surface area contributed by atoms with Gasteiger partial charge in [0.1, 0.15) is 11.7 Å². The topological polar surface area (TPSA) is 95.8 Å². The molecule has 0 atom stereocenters. The Hall–Kier alpha value is -1.73. The molecule has 1 fully saturated rings. The second kappa shape index (κ2) is 4.18. The van der Waals surface area contributed by atoms with Gasteiger partial charge >= 0.3 is 0 Å². The molecule has 3 N–H and O–H groups in total. The Morgan fingerprint density at radius 1 is 1.44 bits per heavy atom. The number of hydrogen-bond acceptors (Lipinski definition) is 5. The summed E-state index contributed by atoms with van der Waals surface area (Å²) in [4.78, 5) is 16.3. The largest absolute Gasteiger partial charge is 0.388 e. The van der Waals surface area contributed by atoms with E-state index in [2.05, 4.69) is 20.5 Å². The lowest BCUT2D eigenvalue weighted by Gasteiger charge is -2.32. The fourth-order valence-electron chi connectivity index (χ4n) is 2.35. The molecule has 7 heteroatoms. The monoisotopic (exact) mass is 249 g/mol. The third-order valence-electron chi connectivity index (χ3n) is 3.44. The molecular weight excluding hydrogens is 234 g/mol. The molecule has 7 nitrogen and oxygen atoms in total. The van der Waals surface area contributed by atoms with E-state index in [4.69, 9.17) is 0 Å². The van der Waals surface area contributed by atoms with E-state index >= 15 is 0 Å². The van der Waals surface area contributed by atoms with Crippen LogP contribution in [0.15, 0.2) is 17.3 Å². The highest BCUT2D eigenvalue weighted by atomic mass is 16.3. The lowest BCUT2D eigenvalue weighted by atomic mass is 9.92. The van der Waals surface area contributed by atoms with Crippen molar-refractivity contribution in [2.45, 2.75) is 25.0 Å². The molecule has 3 rings (SSSR count). The van der Waals surface area contributed by atoms with E-state index in [-0.39, 0.29) is 12.1 Å². The van der Waals surface area contributed by atoms with Crippen LogP contribution in [0.4, 0.5) is 0 Å². The summed E-state index contributed by atoms with van der Waals surface area (Å²) < 4.78 is 1.46. The lowest BCUT2D eigenvalue weighted by Crippen LogP contribution is -2.46. The number of hydrogen-bond donors (Lipinski definition) is 3. The molecule has 96 valence electrons. The molecule has 0 bridgehead atoms. The maximum Gasteiger partial charge on any atom is 0.264 e. The van der Waals surface area contributed by atoms with Gasteiger partial charge in [0.25, 0.3) is 5.56 Å². The number of aromatic nitrogens is 4. The lowest BCUT2D eigenvalue weighted by molar-refractivity contribution is -0.00627. The number of rotatable bonds is 2. The number of aromatic amines is 1. The fourth-order valence-corrected chi connectivity index (χ4v) is 2.35. The molecule has 1 aliphatic rings. The molecule has 0 radical (unpaired) electrons. The maximum absolute atomic E-state index is 12.1. The van der Waals surface area contributed by atoms with Crippen molar-refractivity contribution in [2.75, 3.05) is 13.1 Å². The van der Waals surface area contributed by atoms with Gasteiger partial charge in [-0.25, -0.2) is 4.98 Å². The molecule has 0 saturated carbocycles. The van der Waals surface area contributed by atoms with Gasteiger partial charge in [0.2, 0.25) is 0 Å². The predicted octanol–water partition coefficient (Wildman–Crippen LogP) is -0.766. The predicted molar refractivity (Wildman–Crippen MR) is 65.2 cm³/mol. The Bertz CT molecular complexity index is 611. The van der Waals surface area contributed by atoms with Crippen molar-refractivity contribution in [1.29, 1.82) is 0 Å². The second-order valence-electron chi connectivity index (χ2n) is 4.78. The first-order valence-corrected chi connectivity index (χ1v) is 6.00. The van der Waals surface area contributed by atoms with Crippen LogP contribution in [0.5, 0.6) is 0 Å². The SMILES string of the molecule is O=c1c2cn[nH]c2ncn1CC1(O)CCNCC1. The molecule has 3 heterocycles. The molecule has 0 aliphatic carbocycles. The highest BCUT2D eigenvalue weighted by Gasteiger charge is 2.30. The summed E-state index contributed by atoms with van der Waals surface area (Å²) in [7, 11) is 0. The summed E-state index contributed by atoms with van der Waals surface area (Å²) in [6, 6.07) is 0. The highest BCUT2D eigenvalue weighted by molar-refractivity contribution is 5.71. The normalized spacial score (nSPS) is 19.2. The van der Waals surface area contributed by atoms with Crippen molar-refractivity contribution >= 4 is 11.0 Å². The Morgan fingerprint density at radius 3 is 3.00 bits per heavy atom. The third-order valence-corrected chi connectivity index (χ3v) is 3.44. The minimum absolute atomic E-state index is 0.166. The number of fused-ring (bicyclic) bond motifs is 1. The van der Waals surface area contributed by atoms with Gasteiger partial charge in [-0.2, -0.15) is 5.10 Å². The number of piperidine rings is 1. The average molecular weight is 249 g/mol. The molecular formula is C11H15N5O2. The van der Waals surface area contributed by atoms with E-state index in [9.17, 15) is 9.90 Å². The van der Waals surface area contributed by atoms with E-state index in [1.165, 1.54) is 17.1 Å². The summed E-state index contributed by atoms with van der Waals surface area (Å²) in [5.41, 5.74) is -0.511. The molecule has 18 heavy (non-hydrogen) atoms. The average Bonchev–Trinajstić information content (AvgIpc) is 2.83. The molecule has 2 aromatic rings. The van der Waals surface area contributed by atoms with Crippen LogP contribution in [-0.2, 0) is 6.54 Å². The molecule has 1 saturated heterocycles. The molecule has 2 aromatic heterocycles. The minimum Gasteiger partial charge on any atom is -0.388 e. The fraction of sp³-hybridized carbons (Fsp3) is 0.545. The first-order chi connectivity index (χ1) is 8.68. The molecule has 0 spiro atoms. The summed E-state index contributed by atoms with van der Waals surface area (Å²) >= 11 is 0. The van der Waals surface area contributed by atoms with E-state index in [0.717, 1.165) is 13.1 Å². The van der Waals surface area contributed by atoms with Crippen molar-refractivity contribution in [3.8, 4) is 0 Å². The van der Waals surface area contributed by atoms with Gasteiger partial charge in [0.15, 0.2) is 5.65 Å². The first-order valence-electron chi connectivity index (χ1n) is 6.00. The molecule has 1 aliphatic heterocycles. The number of nitrogens with one attached hydrogen (secondary N) is 2. The zero-order valence-corrected chi connectivity index (χ0v) is 9.89. The standard InChI is InChI=1S/C11H15N5O2/c17-10-8-5-14-15-9(8)13-7-16(10)6-11(18)1-3-12-4-2-11/h5,7,12,18H,1-4,6H2,(H,14,15). The van der Waals surface area contributed by atoms with Gasteiger partial charge in [-0.1, -0.05) is 0 Å². The van der Waals surface area contributed by atoms with Crippen LogP contribution in [0.25, 0.3) is 11.0 Å². The van der Waals surface area contributed by atoms with Crippen LogP contribution in [0.1, 0.15) is 12.8 Å². The summed E-state index contributed by atoms with van der Waals surface area (Å²) in [5.74, 6) is 0. The van der Waals surface area contributed by atoms with Gasteiger partial charge in [0.05, 0.1) is 18.3 Å². The van der Waals surface area contributed by atoms with Gasteiger partial charge in [-0.15, -0.1) is 0 Å². The summed E-state index contributed by atoms with van der Waals surface area (Å²) in [6.45, 7) is 1.82. The van der Waals surface area contributed by atoms with Crippen LogP contribution in [-0.4, -0.2) is 43.5 Å². The molecule has 0 amide bonds. The Kier molecular flexibility index (Phi) is 2.64. The quantitative estimate of drug-likeness (QED) is 0.650. The van der Waals surface area contributed by atoms with Gasteiger partial charge in [-0.05, 0) is 25.9 Å². The van der Waals surface area contributed by atoms with E-state index in [1.807, 2.05) is 0 Å². The van der Waals surface area contributed by atoms with Crippen LogP contribution >= 0.6 is 0 Å². The van der Waals surface area contributed by atoms with Crippen LogP contribution < -0.4 is 10.9 Å². The van der Waals surface area contributed by atoms with E-state index in [1.54, 1.807) is 0 Å². The zero-order chi connectivity index (χ0) is 12.6. The molecule has 0 unspecified atom stereocenters. The van der Waals surface area contributed by atoms with Gasteiger partial charge in [0, 0.05) is 0 Å². The van der Waals surface area contributed by atoms with Gasteiger partial charge in [-0.3, -0.25) is 14.5 Å². The smallest absolute Gasteiger partial charge is 0.264 e. The number of aliphatic hydroxyl groups is 1. The van der Waals surface area contributed by atoms with Crippen molar-refractivity contribution in [1.82, 2.24) is 25.1 Å². The highest BCUT2D eigenvalue weighted by Crippen LogP contribution is 2.19. The van der Waals surface area contributed by atoms with Crippen molar-refractivity contribution in [3.05, 3.63) is 22.9 Å². The maximum atomic E-state index is 12.1. The second-order valence-corrected chi connectivity index (χ2v) is 4.78. The zero-order valence-electron chi connectivity index (χ0n) is 9.89. The van der Waals surface area contributed by atoms with Crippen LogP contribution in [0, 0.1) is 0 Å². The van der Waals surface area contributed by atoms with E-state index in [0.29, 0.717) is 23.9 Å². The van der Waals surface area contributed by atoms with Crippen molar-refractivity contribution in [2.24, 2.45) is 0 Å². The van der Waals surface area contributed by atoms with Gasteiger partial charge < -0.3 is 10.4 Å². The van der Waals surface area contributed by atoms with E-state index < -0.39 is 5.60 Å². The Labute approximate surface area is 103 Å². The minimum atomic E-state index is -0.825. The number of H-pyrrole nitrogens is 1. The van der Waals surface area contributed by atoms with Crippen LogP contribution in [0.3, 0.4) is 0 Å².